The molecular formula is C68H92N8O12. The minimum atomic E-state index is -1.54. The Kier molecular flexibility index (Phi) is 23.5. The van der Waals surface area contributed by atoms with E-state index in [9.17, 15) is 28.8 Å². The van der Waals surface area contributed by atoms with Gasteiger partial charge in [0.1, 0.15) is 36.8 Å². The third-order valence-corrected chi connectivity index (χ3v) is 16.7. The molecule has 20 heteroatoms. The van der Waals surface area contributed by atoms with E-state index in [0.29, 0.717) is 35.8 Å². The molecular weight excluding hydrogens is 1120 g/mol. The Morgan fingerprint density at radius 3 is 0.966 bits per heavy atom. The van der Waals surface area contributed by atoms with Crippen LogP contribution in [-0.4, -0.2) is 164 Å². The van der Waals surface area contributed by atoms with Crippen LogP contribution in [0.3, 0.4) is 0 Å². The van der Waals surface area contributed by atoms with Crippen LogP contribution in [0, 0.1) is 23.7 Å². The number of amides is 4. The van der Waals surface area contributed by atoms with Crippen LogP contribution in [0.4, 0.5) is 0 Å². The molecule has 0 bridgehead atoms. The van der Waals surface area contributed by atoms with Gasteiger partial charge in [0.05, 0.1) is 11.4 Å². The van der Waals surface area contributed by atoms with E-state index in [1.165, 1.54) is 51.8 Å². The van der Waals surface area contributed by atoms with Crippen LogP contribution in [0.15, 0.2) is 73.6 Å². The minimum absolute atomic E-state index is 0.0826. The number of carbonyl (C=O) groups excluding carboxylic acids is 8. The SMILES string of the molecule is CC(C)C[C@H]1C(=O)O[C@H](Cc2ccc(Cc3cncnc3C3CC3)cc2)C(=O)N(C)[C@@H](CC(C)C)C(=O)O[C@H](C)C(=O)N(C)[C@@H](CC(C)C)C(=O)O[C@H](Cc2ccc(Cc3cncnc3C3CC3)cc2)C(=O)N(C)[C@@H](CC(C)C)C(=O)O[C@H](C)C(=O)N1C. The number of benzene rings is 2. The van der Waals surface area contributed by atoms with Crippen molar-refractivity contribution in [2.24, 2.45) is 23.7 Å². The van der Waals surface area contributed by atoms with E-state index in [1.807, 2.05) is 116 Å². The summed E-state index contributed by atoms with van der Waals surface area (Å²) in [6.45, 7) is 17.6. The third kappa shape index (κ3) is 18.2. The molecule has 3 fully saturated rings. The van der Waals surface area contributed by atoms with Crippen LogP contribution >= 0.6 is 0 Å². The predicted octanol–water partition coefficient (Wildman–Crippen LogP) is 8.18. The van der Waals surface area contributed by atoms with Crippen molar-refractivity contribution in [3.05, 3.63) is 118 Å². The van der Waals surface area contributed by atoms with E-state index in [0.717, 1.165) is 69.1 Å². The number of carbonyl (C=O) groups is 8. The standard InChI is InChI=1S/C68H92N8O12/c1-39(2)27-53-65(81)85-43(9)61(77)73(11)56(30-42(7)8)68(84)88-58(34-48-21-17-46(18-22-48)32-52-36-70-38-72-60(52)50-25-26-50)64(80)76(14)54(28-40(3)4)66(82)86-44(10)62(78)74(12)55(29-41(5)6)67(83)87-57(63(79)75(53)13)33-47-19-15-45(16-20-47)31-51-35-69-37-71-59(51)49-23-24-49/h15-22,35-44,49-50,53-58H,23-34H2,1-14H3/t43-,44-,53+,54+,55+,56+,57-,58-/m1/s1. The Morgan fingerprint density at radius 1 is 0.409 bits per heavy atom. The summed E-state index contributed by atoms with van der Waals surface area (Å²) in [4.78, 5) is 141. The smallest absolute Gasteiger partial charge is 0.329 e. The Bertz CT molecular complexity index is 2870. The number of cyclic esters (lactones) is 4. The molecule has 20 nitrogen and oxygen atoms in total. The van der Waals surface area contributed by atoms with Crippen molar-refractivity contribution < 1.29 is 57.3 Å². The normalized spacial score (nSPS) is 23.8. The maximum absolute atomic E-state index is 15.1. The van der Waals surface area contributed by atoms with Crippen LogP contribution in [0.1, 0.15) is 177 Å². The van der Waals surface area contributed by atoms with E-state index >= 15 is 9.59 Å². The van der Waals surface area contributed by atoms with Gasteiger partial charge in [0.2, 0.25) is 0 Å². The largest absolute Gasteiger partial charge is 0.451 e. The van der Waals surface area contributed by atoms with Gasteiger partial charge in [0.25, 0.3) is 23.6 Å². The molecule has 4 aromatic rings. The average Bonchev–Trinajstić information content (AvgIpc) is 3.00. The van der Waals surface area contributed by atoms with Gasteiger partial charge in [0, 0.05) is 78.1 Å². The second-order valence-corrected chi connectivity index (χ2v) is 26.2. The fraction of sp³-hybridized carbons (Fsp3) is 0.588. The summed E-state index contributed by atoms with van der Waals surface area (Å²) in [5.41, 5.74) is 7.31. The quantitative estimate of drug-likeness (QED) is 0.0674. The number of hydrogen-bond donors (Lipinski definition) is 0. The molecule has 7 rings (SSSR count). The molecule has 0 spiro atoms. The molecule has 2 saturated carbocycles. The van der Waals surface area contributed by atoms with Crippen LogP contribution in [-0.2, 0) is 83.0 Å². The van der Waals surface area contributed by atoms with Crippen LogP contribution in [0.2, 0.25) is 0 Å². The first-order valence-corrected chi connectivity index (χ1v) is 31.3. The van der Waals surface area contributed by atoms with Crippen molar-refractivity contribution >= 4 is 47.5 Å². The van der Waals surface area contributed by atoms with E-state index in [2.05, 4.69) is 19.9 Å². The summed E-state index contributed by atoms with van der Waals surface area (Å²) >= 11 is 0. The zero-order chi connectivity index (χ0) is 64.3. The van der Waals surface area contributed by atoms with E-state index in [-0.39, 0.29) is 62.2 Å². The first kappa shape index (κ1) is 67.9. The number of hydrogen-bond acceptors (Lipinski definition) is 16. The highest BCUT2D eigenvalue weighted by molar-refractivity contribution is 5.94. The lowest BCUT2D eigenvalue weighted by molar-refractivity contribution is -0.176. The Labute approximate surface area is 519 Å². The van der Waals surface area contributed by atoms with Crippen molar-refractivity contribution in [2.45, 2.75) is 207 Å². The summed E-state index contributed by atoms with van der Waals surface area (Å²) in [5.74, 6) is -6.58. The van der Waals surface area contributed by atoms with Crippen molar-refractivity contribution in [3.63, 3.8) is 0 Å². The van der Waals surface area contributed by atoms with Crippen LogP contribution in [0.5, 0.6) is 0 Å². The van der Waals surface area contributed by atoms with Gasteiger partial charge in [-0.25, -0.2) is 39.1 Å². The van der Waals surface area contributed by atoms with Gasteiger partial charge in [0.15, 0.2) is 24.4 Å². The fourth-order valence-corrected chi connectivity index (χ4v) is 11.4. The zero-order valence-electron chi connectivity index (χ0n) is 54.0. The fourth-order valence-electron chi connectivity index (χ4n) is 11.4. The van der Waals surface area contributed by atoms with E-state index in [1.54, 1.807) is 12.7 Å². The lowest BCUT2D eigenvalue weighted by Crippen LogP contribution is -2.55. The van der Waals surface area contributed by atoms with Gasteiger partial charge in [-0.2, -0.15) is 0 Å². The summed E-state index contributed by atoms with van der Waals surface area (Å²) in [5, 5.41) is 0. The zero-order valence-corrected chi connectivity index (χ0v) is 54.0. The molecule has 0 unspecified atom stereocenters. The average molecular weight is 1210 g/mol. The first-order chi connectivity index (χ1) is 41.7. The van der Waals surface area contributed by atoms with Crippen molar-refractivity contribution in [2.75, 3.05) is 28.2 Å². The molecule has 8 atom stereocenters. The van der Waals surface area contributed by atoms with Gasteiger partial charge in [-0.15, -0.1) is 0 Å². The van der Waals surface area contributed by atoms with Crippen molar-refractivity contribution in [1.29, 1.82) is 0 Å². The molecule has 2 aromatic heterocycles. The van der Waals surface area contributed by atoms with E-state index in [4.69, 9.17) is 18.9 Å². The molecule has 3 aliphatic rings. The number of rotatable bonds is 18. The topological polar surface area (TPSA) is 238 Å². The molecule has 0 N–H and O–H groups in total. The van der Waals surface area contributed by atoms with E-state index < -0.39 is 96.1 Å². The maximum atomic E-state index is 15.1. The number of aromatic nitrogens is 4. The highest BCUT2D eigenvalue weighted by Crippen LogP contribution is 2.41. The molecule has 88 heavy (non-hydrogen) atoms. The molecule has 476 valence electrons. The van der Waals surface area contributed by atoms with Crippen molar-refractivity contribution in [1.82, 2.24) is 39.5 Å². The number of nitrogens with zero attached hydrogens (tertiary/aromatic N) is 8. The minimum Gasteiger partial charge on any atom is -0.451 e. The second kappa shape index (κ2) is 30.5. The lowest BCUT2D eigenvalue weighted by Gasteiger charge is -2.35. The summed E-state index contributed by atoms with van der Waals surface area (Å²) in [7, 11) is 5.62. The third-order valence-electron chi connectivity index (χ3n) is 16.7. The van der Waals surface area contributed by atoms with Gasteiger partial charge < -0.3 is 38.5 Å². The molecule has 2 aliphatic carbocycles. The first-order valence-electron chi connectivity index (χ1n) is 31.3. The van der Waals surface area contributed by atoms with Gasteiger partial charge >= 0.3 is 23.9 Å². The van der Waals surface area contributed by atoms with Crippen LogP contribution in [0.25, 0.3) is 0 Å². The molecule has 3 heterocycles. The Morgan fingerprint density at radius 2 is 0.682 bits per heavy atom. The molecule has 1 aliphatic heterocycles. The summed E-state index contributed by atoms with van der Waals surface area (Å²) in [6.07, 6.45) is 6.28. The second-order valence-electron chi connectivity index (χ2n) is 26.2. The highest BCUT2D eigenvalue weighted by atomic mass is 16.6. The van der Waals surface area contributed by atoms with Crippen LogP contribution < -0.4 is 0 Å². The summed E-state index contributed by atoms with van der Waals surface area (Å²) < 4.78 is 24.4. The van der Waals surface area contributed by atoms with Gasteiger partial charge in [-0.05, 0) is 122 Å². The predicted molar refractivity (Wildman–Crippen MR) is 329 cm³/mol. The maximum Gasteiger partial charge on any atom is 0.329 e. The highest BCUT2D eigenvalue weighted by Gasteiger charge is 2.43. The summed E-state index contributed by atoms with van der Waals surface area (Å²) in [6, 6.07) is 9.92. The van der Waals surface area contributed by atoms with Gasteiger partial charge in [-0.3, -0.25) is 19.2 Å². The molecule has 0 radical (unpaired) electrons. The van der Waals surface area contributed by atoms with Gasteiger partial charge in [-0.1, -0.05) is 104 Å². The van der Waals surface area contributed by atoms with Crippen molar-refractivity contribution in [3.8, 4) is 0 Å². The monoisotopic (exact) mass is 1210 g/mol. The number of esters is 4. The molecule has 2 aromatic carbocycles. The molecule has 4 amide bonds. The molecule has 1 saturated heterocycles. The Hall–Kier alpha value is -7.64. The lowest BCUT2D eigenvalue weighted by atomic mass is 9.98. The number of ether oxygens (including phenoxy) is 4. The Balaban J connectivity index is 1.24. The number of likely N-dealkylation sites (N-methyl/N-ethyl adjacent to an activating group) is 4.